The molecule has 1 saturated heterocycles. The molecule has 1 fully saturated rings. The largest absolute Gasteiger partial charge is 0.305 e. The Balaban J connectivity index is 0. The van der Waals surface area contributed by atoms with Gasteiger partial charge in [0.25, 0.3) is 0 Å². The van der Waals surface area contributed by atoms with Crippen molar-refractivity contribution in [2.75, 3.05) is 12.3 Å². The monoisotopic (exact) mass is 222 g/mol. The van der Waals surface area contributed by atoms with Crippen LogP contribution in [0.3, 0.4) is 0 Å². The second-order valence-electron chi connectivity index (χ2n) is 1.47. The van der Waals surface area contributed by atoms with E-state index < -0.39 is 0 Å². The van der Waals surface area contributed by atoms with E-state index in [1.807, 2.05) is 25.6 Å². The second kappa shape index (κ2) is 9.41. The SMILES string of the molecule is CC.CC1NCCS1.[Y]. The van der Waals surface area contributed by atoms with Gasteiger partial charge in [0, 0.05) is 45.0 Å². The van der Waals surface area contributed by atoms with Gasteiger partial charge in [-0.15, -0.1) is 11.8 Å². The Bertz CT molecular complexity index is 46.3. The van der Waals surface area contributed by atoms with Crippen LogP contribution < -0.4 is 5.32 Å². The molecule has 1 atom stereocenters. The van der Waals surface area contributed by atoms with Crippen LogP contribution in [-0.2, 0) is 32.7 Å². The molecule has 0 bridgehead atoms. The molecule has 0 aromatic heterocycles. The van der Waals surface area contributed by atoms with Crippen LogP contribution in [0.1, 0.15) is 20.8 Å². The molecule has 1 unspecified atom stereocenters. The molecule has 1 radical (unpaired) electrons. The zero-order valence-corrected chi connectivity index (χ0v) is 10.1. The summed E-state index contributed by atoms with van der Waals surface area (Å²) in [6.45, 7) is 7.39. The zero-order valence-electron chi connectivity index (χ0n) is 6.48. The van der Waals surface area contributed by atoms with Crippen LogP contribution in [0.5, 0.6) is 0 Å². The molecule has 0 aromatic carbocycles. The summed E-state index contributed by atoms with van der Waals surface area (Å²) in [5, 5.41) is 4.00. The molecule has 1 heterocycles. The maximum Gasteiger partial charge on any atom is 0.0504 e. The third-order valence-corrected chi connectivity index (χ3v) is 2.01. The Labute approximate surface area is 87.6 Å². The summed E-state index contributed by atoms with van der Waals surface area (Å²) < 4.78 is 0. The summed E-state index contributed by atoms with van der Waals surface area (Å²) in [6.07, 6.45) is 0. The summed E-state index contributed by atoms with van der Waals surface area (Å²) in [4.78, 5) is 0. The predicted molar refractivity (Wildman–Crippen MR) is 41.3 cm³/mol. The van der Waals surface area contributed by atoms with E-state index in [1.165, 1.54) is 12.3 Å². The second-order valence-corrected chi connectivity index (χ2v) is 2.92. The van der Waals surface area contributed by atoms with Crippen molar-refractivity contribution in [3.63, 3.8) is 0 Å². The fraction of sp³-hybridized carbons (Fsp3) is 1.00. The third kappa shape index (κ3) is 7.31. The number of thioether (sulfide) groups is 1. The molecule has 1 N–H and O–H groups in total. The summed E-state index contributed by atoms with van der Waals surface area (Å²) in [6, 6.07) is 0. The van der Waals surface area contributed by atoms with Crippen LogP contribution in [0.15, 0.2) is 0 Å². The molecule has 9 heavy (non-hydrogen) atoms. The Morgan fingerprint density at radius 3 is 2.11 bits per heavy atom. The van der Waals surface area contributed by atoms with Crippen molar-refractivity contribution in [2.24, 2.45) is 0 Å². The summed E-state index contributed by atoms with van der Waals surface area (Å²) in [5.41, 5.74) is 0. The van der Waals surface area contributed by atoms with Gasteiger partial charge in [0.1, 0.15) is 0 Å². The molecule has 0 spiro atoms. The molecule has 1 aliphatic heterocycles. The molecule has 0 aromatic rings. The van der Waals surface area contributed by atoms with Crippen LogP contribution in [0.25, 0.3) is 0 Å². The van der Waals surface area contributed by atoms with Gasteiger partial charge in [0.15, 0.2) is 0 Å². The first-order valence-electron chi connectivity index (χ1n) is 3.24. The van der Waals surface area contributed by atoms with E-state index in [4.69, 9.17) is 0 Å². The van der Waals surface area contributed by atoms with Crippen molar-refractivity contribution < 1.29 is 32.7 Å². The molecule has 0 amide bonds. The molecule has 1 nitrogen and oxygen atoms in total. The fourth-order valence-corrected chi connectivity index (χ4v) is 1.38. The first kappa shape index (κ1) is 13.0. The van der Waals surface area contributed by atoms with E-state index in [2.05, 4.69) is 12.2 Å². The van der Waals surface area contributed by atoms with Crippen LogP contribution in [0.4, 0.5) is 0 Å². The van der Waals surface area contributed by atoms with Gasteiger partial charge in [0.2, 0.25) is 0 Å². The maximum absolute atomic E-state index is 3.28. The van der Waals surface area contributed by atoms with Crippen molar-refractivity contribution in [3.8, 4) is 0 Å². The van der Waals surface area contributed by atoms with Crippen molar-refractivity contribution in [1.29, 1.82) is 0 Å². The van der Waals surface area contributed by atoms with Crippen LogP contribution >= 0.6 is 11.8 Å². The first-order valence-corrected chi connectivity index (χ1v) is 4.29. The first-order chi connectivity index (χ1) is 3.89. The van der Waals surface area contributed by atoms with Gasteiger partial charge in [-0.05, 0) is 6.92 Å². The number of nitrogens with one attached hydrogen (secondary N) is 1. The van der Waals surface area contributed by atoms with Crippen molar-refractivity contribution in [2.45, 2.75) is 26.1 Å². The minimum absolute atomic E-state index is 0. The normalized spacial score (nSPS) is 23.7. The standard InChI is InChI=1S/C4H9NS.C2H6.Y/c1-4-5-2-3-6-4;1-2;/h4-5H,2-3H2,1H3;1-2H3;. The number of hydrogen-bond acceptors (Lipinski definition) is 2. The van der Waals surface area contributed by atoms with Gasteiger partial charge >= 0.3 is 0 Å². The van der Waals surface area contributed by atoms with E-state index in [9.17, 15) is 0 Å². The Morgan fingerprint density at radius 2 is 2.00 bits per heavy atom. The average molecular weight is 222 g/mol. The molecular weight excluding hydrogens is 207 g/mol. The average Bonchev–Trinajstić information content (AvgIpc) is 2.24. The summed E-state index contributed by atoms with van der Waals surface area (Å²) in [5.74, 6) is 1.29. The van der Waals surface area contributed by atoms with E-state index in [0.29, 0.717) is 5.37 Å². The fourth-order valence-electron chi connectivity index (χ4n) is 0.557. The molecule has 1 aliphatic rings. The topological polar surface area (TPSA) is 12.0 Å². The molecule has 1 rings (SSSR count). The van der Waals surface area contributed by atoms with E-state index in [0.717, 1.165) is 0 Å². The van der Waals surface area contributed by atoms with Gasteiger partial charge in [-0.1, -0.05) is 13.8 Å². The van der Waals surface area contributed by atoms with Gasteiger partial charge < -0.3 is 5.32 Å². The number of rotatable bonds is 0. The maximum atomic E-state index is 3.28. The Morgan fingerprint density at radius 1 is 1.44 bits per heavy atom. The van der Waals surface area contributed by atoms with Crippen molar-refractivity contribution in [3.05, 3.63) is 0 Å². The van der Waals surface area contributed by atoms with E-state index >= 15 is 0 Å². The molecule has 0 saturated carbocycles. The smallest absolute Gasteiger partial charge is 0.0504 e. The minimum Gasteiger partial charge on any atom is -0.305 e. The summed E-state index contributed by atoms with van der Waals surface area (Å²) in [7, 11) is 0. The summed E-state index contributed by atoms with van der Waals surface area (Å²) >= 11 is 1.99. The predicted octanol–water partition coefficient (Wildman–Crippen LogP) is 1.69. The van der Waals surface area contributed by atoms with Crippen molar-refractivity contribution in [1.82, 2.24) is 5.32 Å². The Kier molecular flexibility index (Phi) is 13.6. The van der Waals surface area contributed by atoms with Crippen LogP contribution in [-0.4, -0.2) is 17.7 Å². The van der Waals surface area contributed by atoms with Gasteiger partial charge in [-0.2, -0.15) is 0 Å². The quantitative estimate of drug-likeness (QED) is 0.669. The van der Waals surface area contributed by atoms with Gasteiger partial charge in [0.05, 0.1) is 5.37 Å². The molecule has 3 heteroatoms. The molecule has 53 valence electrons. The van der Waals surface area contributed by atoms with Crippen LogP contribution in [0.2, 0.25) is 0 Å². The van der Waals surface area contributed by atoms with Crippen LogP contribution in [0, 0.1) is 0 Å². The number of hydrogen-bond donors (Lipinski definition) is 1. The van der Waals surface area contributed by atoms with Gasteiger partial charge in [-0.25, -0.2) is 0 Å². The van der Waals surface area contributed by atoms with E-state index in [-0.39, 0.29) is 32.7 Å². The van der Waals surface area contributed by atoms with Crippen molar-refractivity contribution >= 4 is 11.8 Å². The molecule has 0 aliphatic carbocycles. The molecular formula is C6H15NSY. The van der Waals surface area contributed by atoms with Gasteiger partial charge in [-0.3, -0.25) is 0 Å². The zero-order chi connectivity index (χ0) is 6.41. The minimum atomic E-state index is 0. The van der Waals surface area contributed by atoms with E-state index in [1.54, 1.807) is 0 Å². The third-order valence-electron chi connectivity index (χ3n) is 0.902. The Hall–Kier alpha value is 1.41.